The monoisotopic (exact) mass is 465 g/mol. The van der Waals surface area contributed by atoms with Gasteiger partial charge in [-0.1, -0.05) is 49.2 Å². The van der Waals surface area contributed by atoms with Crippen molar-refractivity contribution in [2.75, 3.05) is 13.2 Å². The van der Waals surface area contributed by atoms with Crippen LogP contribution in [0.2, 0.25) is 5.02 Å². The molecule has 4 aromatic rings. The van der Waals surface area contributed by atoms with Crippen molar-refractivity contribution < 1.29 is 19.4 Å². The molecule has 0 aliphatic heterocycles. The molecule has 0 aliphatic rings. The summed E-state index contributed by atoms with van der Waals surface area (Å²) >= 11 is 6.21. The molecule has 0 saturated carbocycles. The summed E-state index contributed by atoms with van der Waals surface area (Å²) in [7, 11) is 0. The SMILES string of the molecule is CCCc1cc(CC(=O)O)ccc1OCCOc1ccc(Cl)cc1-n1nc2ccccc2n1. The molecule has 0 radical (unpaired) electrons. The van der Waals surface area contributed by atoms with Crippen molar-refractivity contribution in [1.29, 1.82) is 0 Å². The third kappa shape index (κ3) is 5.62. The van der Waals surface area contributed by atoms with E-state index in [4.69, 9.17) is 26.2 Å². The van der Waals surface area contributed by atoms with Gasteiger partial charge in [0, 0.05) is 5.02 Å². The second-order valence-electron chi connectivity index (χ2n) is 7.55. The third-order valence-corrected chi connectivity index (χ3v) is 5.26. The van der Waals surface area contributed by atoms with E-state index >= 15 is 0 Å². The largest absolute Gasteiger partial charge is 0.490 e. The molecule has 33 heavy (non-hydrogen) atoms. The van der Waals surface area contributed by atoms with Crippen LogP contribution in [0, 0.1) is 0 Å². The van der Waals surface area contributed by atoms with E-state index in [1.54, 1.807) is 24.3 Å². The number of ether oxygens (including phenoxy) is 2. The Kier molecular flexibility index (Phi) is 7.10. The second kappa shape index (κ2) is 10.4. The molecule has 170 valence electrons. The number of aliphatic carboxylic acids is 1. The van der Waals surface area contributed by atoms with E-state index in [-0.39, 0.29) is 6.42 Å². The predicted octanol–water partition coefficient (Wildman–Crippen LogP) is 5.11. The average molecular weight is 466 g/mol. The maximum atomic E-state index is 11.0. The molecule has 0 saturated heterocycles. The Morgan fingerprint density at radius 1 is 0.970 bits per heavy atom. The lowest BCUT2D eigenvalue weighted by molar-refractivity contribution is -0.136. The fraction of sp³-hybridized carbons (Fsp3) is 0.240. The van der Waals surface area contributed by atoms with E-state index in [1.807, 2.05) is 36.4 Å². The fourth-order valence-corrected chi connectivity index (χ4v) is 3.73. The zero-order chi connectivity index (χ0) is 23.2. The molecule has 0 bridgehead atoms. The minimum absolute atomic E-state index is 0.00404. The number of carboxylic acids is 1. The van der Waals surface area contributed by atoms with Crippen molar-refractivity contribution in [3.05, 3.63) is 76.8 Å². The zero-order valence-electron chi connectivity index (χ0n) is 18.2. The first kappa shape index (κ1) is 22.6. The Hall–Kier alpha value is -3.58. The van der Waals surface area contributed by atoms with Crippen molar-refractivity contribution in [3.8, 4) is 17.2 Å². The van der Waals surface area contributed by atoms with Crippen molar-refractivity contribution in [1.82, 2.24) is 15.0 Å². The number of carboxylic acid groups (broad SMARTS) is 1. The van der Waals surface area contributed by atoms with E-state index in [1.165, 1.54) is 4.80 Å². The topological polar surface area (TPSA) is 86.5 Å². The van der Waals surface area contributed by atoms with Gasteiger partial charge in [0.05, 0.1) is 6.42 Å². The summed E-state index contributed by atoms with van der Waals surface area (Å²) in [5.74, 6) is 0.484. The van der Waals surface area contributed by atoms with Crippen LogP contribution in [0.1, 0.15) is 24.5 Å². The molecule has 0 atom stereocenters. The average Bonchev–Trinajstić information content (AvgIpc) is 3.22. The summed E-state index contributed by atoms with van der Waals surface area (Å²) in [6, 6.07) is 18.4. The van der Waals surface area contributed by atoms with Crippen molar-refractivity contribution in [2.24, 2.45) is 0 Å². The molecule has 3 aromatic carbocycles. The first-order chi connectivity index (χ1) is 16.0. The minimum Gasteiger partial charge on any atom is -0.490 e. The second-order valence-corrected chi connectivity index (χ2v) is 7.99. The van der Waals surface area contributed by atoms with Gasteiger partial charge >= 0.3 is 5.97 Å². The van der Waals surface area contributed by atoms with Crippen LogP contribution in [0.5, 0.6) is 11.5 Å². The minimum atomic E-state index is -0.849. The molecule has 0 aliphatic carbocycles. The molecular formula is C25H24ClN3O4. The Labute approximate surface area is 196 Å². The van der Waals surface area contributed by atoms with E-state index < -0.39 is 5.97 Å². The highest BCUT2D eigenvalue weighted by Crippen LogP contribution is 2.27. The number of rotatable bonds is 10. The molecule has 1 aromatic heterocycles. The highest BCUT2D eigenvalue weighted by Gasteiger charge is 2.12. The number of hydrogen-bond acceptors (Lipinski definition) is 5. The predicted molar refractivity (Wildman–Crippen MR) is 127 cm³/mol. The summed E-state index contributed by atoms with van der Waals surface area (Å²) in [6.45, 7) is 2.70. The van der Waals surface area contributed by atoms with Gasteiger partial charge in [0.1, 0.15) is 41.4 Å². The van der Waals surface area contributed by atoms with Gasteiger partial charge in [-0.3, -0.25) is 4.79 Å². The van der Waals surface area contributed by atoms with Crippen LogP contribution >= 0.6 is 11.6 Å². The first-order valence-corrected chi connectivity index (χ1v) is 11.1. The number of fused-ring (bicyclic) bond motifs is 1. The lowest BCUT2D eigenvalue weighted by Gasteiger charge is -2.14. The normalized spacial score (nSPS) is 11.0. The lowest BCUT2D eigenvalue weighted by Crippen LogP contribution is -2.12. The number of halogens is 1. The Morgan fingerprint density at radius 2 is 1.64 bits per heavy atom. The van der Waals surface area contributed by atoms with Gasteiger partial charge in [-0.2, -0.15) is 0 Å². The number of aromatic nitrogens is 3. The Morgan fingerprint density at radius 3 is 2.30 bits per heavy atom. The molecule has 7 nitrogen and oxygen atoms in total. The maximum absolute atomic E-state index is 11.0. The van der Waals surface area contributed by atoms with Crippen molar-refractivity contribution in [2.45, 2.75) is 26.2 Å². The molecule has 1 heterocycles. The zero-order valence-corrected chi connectivity index (χ0v) is 19.0. The third-order valence-electron chi connectivity index (χ3n) is 5.02. The Bertz CT molecular complexity index is 1240. The van der Waals surface area contributed by atoms with E-state index in [0.717, 1.165) is 40.8 Å². The van der Waals surface area contributed by atoms with Crippen LogP contribution in [-0.4, -0.2) is 39.3 Å². The van der Waals surface area contributed by atoms with Crippen LogP contribution in [0.4, 0.5) is 0 Å². The van der Waals surface area contributed by atoms with E-state index in [9.17, 15) is 4.79 Å². The van der Waals surface area contributed by atoms with Gasteiger partial charge in [-0.25, -0.2) is 0 Å². The molecule has 0 spiro atoms. The van der Waals surface area contributed by atoms with Gasteiger partial charge in [0.2, 0.25) is 0 Å². The van der Waals surface area contributed by atoms with Gasteiger partial charge in [-0.05, 0) is 53.9 Å². The van der Waals surface area contributed by atoms with Crippen molar-refractivity contribution >= 4 is 28.6 Å². The van der Waals surface area contributed by atoms with Crippen LogP contribution in [0.15, 0.2) is 60.7 Å². The van der Waals surface area contributed by atoms with Gasteiger partial charge < -0.3 is 14.6 Å². The van der Waals surface area contributed by atoms with Gasteiger partial charge in [0.15, 0.2) is 0 Å². The summed E-state index contributed by atoms with van der Waals surface area (Å²) in [5.41, 5.74) is 3.96. The first-order valence-electron chi connectivity index (χ1n) is 10.7. The van der Waals surface area contributed by atoms with E-state index in [2.05, 4.69) is 17.1 Å². The maximum Gasteiger partial charge on any atom is 0.307 e. The number of benzene rings is 3. The smallest absolute Gasteiger partial charge is 0.307 e. The molecule has 8 heteroatoms. The number of carbonyl (C=O) groups is 1. The van der Waals surface area contributed by atoms with Crippen LogP contribution in [0.25, 0.3) is 16.7 Å². The highest BCUT2D eigenvalue weighted by molar-refractivity contribution is 6.30. The molecular weight excluding hydrogens is 442 g/mol. The van der Waals surface area contributed by atoms with Crippen LogP contribution in [-0.2, 0) is 17.6 Å². The molecule has 0 fully saturated rings. The summed E-state index contributed by atoms with van der Waals surface area (Å²) in [6.07, 6.45) is 1.74. The molecule has 0 unspecified atom stereocenters. The Balaban J connectivity index is 1.45. The molecule has 0 amide bonds. The summed E-state index contributed by atoms with van der Waals surface area (Å²) in [4.78, 5) is 12.5. The highest BCUT2D eigenvalue weighted by atomic mass is 35.5. The number of nitrogens with zero attached hydrogens (tertiary/aromatic N) is 3. The van der Waals surface area contributed by atoms with Crippen LogP contribution in [0.3, 0.4) is 0 Å². The molecule has 4 rings (SSSR count). The molecule has 1 N–H and O–H groups in total. The number of hydrogen-bond donors (Lipinski definition) is 1. The number of aryl methyl sites for hydroxylation is 1. The quantitative estimate of drug-likeness (QED) is 0.327. The van der Waals surface area contributed by atoms with Gasteiger partial charge in [-0.15, -0.1) is 15.0 Å². The standard InChI is InChI=1S/C25H24ClN3O4/c1-2-5-18-14-17(15-25(30)31)8-10-23(18)32-12-13-33-24-11-9-19(26)16-22(24)29-27-20-6-3-4-7-21(20)28-29/h3-4,6-11,14,16H,2,5,12-13,15H2,1H3,(H,30,31). The van der Waals surface area contributed by atoms with Crippen LogP contribution < -0.4 is 9.47 Å². The summed E-state index contributed by atoms with van der Waals surface area (Å²) in [5, 5.41) is 18.6. The van der Waals surface area contributed by atoms with Gasteiger partial charge in [0.25, 0.3) is 0 Å². The summed E-state index contributed by atoms with van der Waals surface area (Å²) < 4.78 is 11.9. The lowest BCUT2D eigenvalue weighted by atomic mass is 10.0. The van der Waals surface area contributed by atoms with Crippen molar-refractivity contribution in [3.63, 3.8) is 0 Å². The van der Waals surface area contributed by atoms with E-state index in [0.29, 0.717) is 29.7 Å². The fourth-order valence-electron chi connectivity index (χ4n) is 3.56.